The van der Waals surface area contributed by atoms with Crippen molar-refractivity contribution in [3.05, 3.63) is 35.4 Å². The number of aliphatic hydroxyl groups is 2. The number of hydrogen-bond acceptors (Lipinski definition) is 3. The Morgan fingerprint density at radius 2 is 1.25 bits per heavy atom. The molecule has 0 aromatic heterocycles. The van der Waals surface area contributed by atoms with E-state index in [0.717, 1.165) is 81.8 Å². The van der Waals surface area contributed by atoms with E-state index in [0.29, 0.717) is 11.8 Å². The van der Waals surface area contributed by atoms with Crippen LogP contribution < -0.4 is 5.32 Å². The summed E-state index contributed by atoms with van der Waals surface area (Å²) < 4.78 is 0.916. The number of benzene rings is 1. The van der Waals surface area contributed by atoms with Crippen LogP contribution in [0.1, 0.15) is 141 Å². The Balaban J connectivity index is 2.81. The number of aliphatic hydroxyl groups excluding tert-OH is 2. The van der Waals surface area contributed by atoms with Crippen molar-refractivity contribution < 1.29 is 19.5 Å². The first-order valence-corrected chi connectivity index (χ1v) is 16.6. The lowest BCUT2D eigenvalue weighted by molar-refractivity contribution is -0.870. The smallest absolute Gasteiger partial charge is 0.223 e. The number of nitrogens with zero attached hydrogens (tertiary/aromatic N) is 1. The normalized spacial score (nSPS) is 15.8. The molecule has 0 aliphatic rings. The molecule has 3 N–H and O–H groups in total. The zero-order valence-electron chi connectivity index (χ0n) is 27.3. The summed E-state index contributed by atoms with van der Waals surface area (Å²) >= 11 is 0. The molecule has 5 nitrogen and oxygen atoms in total. The van der Waals surface area contributed by atoms with Gasteiger partial charge in [0, 0.05) is 18.9 Å². The lowest BCUT2D eigenvalue weighted by Crippen LogP contribution is -2.38. The van der Waals surface area contributed by atoms with Crippen LogP contribution in [-0.2, 0) is 4.79 Å². The molecule has 0 heterocycles. The fourth-order valence-corrected chi connectivity index (χ4v) is 5.73. The highest BCUT2D eigenvalue weighted by Crippen LogP contribution is 2.33. The number of quaternary nitrogens is 1. The molecule has 0 saturated carbocycles. The van der Waals surface area contributed by atoms with Crippen LogP contribution in [0.3, 0.4) is 0 Å². The van der Waals surface area contributed by atoms with Gasteiger partial charge >= 0.3 is 0 Å². The number of amides is 1. The van der Waals surface area contributed by atoms with E-state index >= 15 is 0 Å². The third kappa shape index (κ3) is 15.5. The molecule has 40 heavy (non-hydrogen) atoms. The molecule has 5 unspecified atom stereocenters. The fourth-order valence-electron chi connectivity index (χ4n) is 5.73. The summed E-state index contributed by atoms with van der Waals surface area (Å²) in [5.41, 5.74) is 2.62. The number of nitrogens with one attached hydrogen (secondary N) is 1. The van der Waals surface area contributed by atoms with Crippen LogP contribution in [-0.4, -0.2) is 67.0 Å². The molecule has 1 rings (SSSR count). The van der Waals surface area contributed by atoms with E-state index in [1.165, 1.54) is 36.8 Å². The van der Waals surface area contributed by atoms with Crippen molar-refractivity contribution in [1.82, 2.24) is 5.32 Å². The van der Waals surface area contributed by atoms with Gasteiger partial charge in [-0.25, -0.2) is 0 Å². The Labute approximate surface area is 247 Å². The Morgan fingerprint density at radius 1 is 0.725 bits per heavy atom. The van der Waals surface area contributed by atoms with Crippen molar-refractivity contribution in [2.24, 2.45) is 5.92 Å². The van der Waals surface area contributed by atoms with Crippen LogP contribution in [0.2, 0.25) is 0 Å². The summed E-state index contributed by atoms with van der Waals surface area (Å²) in [6.07, 6.45) is 13.4. The number of unbranched alkanes of at least 4 members (excludes halogenated alkanes) is 3. The maximum Gasteiger partial charge on any atom is 0.223 e. The minimum absolute atomic E-state index is 0.0571. The highest BCUT2D eigenvalue weighted by Gasteiger charge is 2.21. The standard InChI is InChI=1S/C35H64N2O3/c1-8-12-13-14-17-31(26-33(38)10-3)29-20-22-30(23-21-29)32(27-34(39)11-4)19-15-18-28(9-2)35(40)36-24-16-25-37(5,6)7/h20-23,28,31-34,38-39H,8-19,24-27H2,1-7H3/p+1. The summed E-state index contributed by atoms with van der Waals surface area (Å²) in [6.45, 7) is 10.3. The van der Waals surface area contributed by atoms with Gasteiger partial charge in [0.2, 0.25) is 5.91 Å². The minimum atomic E-state index is -0.304. The predicted molar refractivity (Wildman–Crippen MR) is 171 cm³/mol. The molecule has 1 aromatic rings. The lowest BCUT2D eigenvalue weighted by Gasteiger charge is -2.24. The minimum Gasteiger partial charge on any atom is -0.393 e. The third-order valence-corrected chi connectivity index (χ3v) is 8.61. The summed E-state index contributed by atoms with van der Waals surface area (Å²) in [7, 11) is 6.54. The monoisotopic (exact) mass is 561 g/mol. The molecule has 1 aromatic carbocycles. The zero-order chi connectivity index (χ0) is 30.0. The van der Waals surface area contributed by atoms with E-state index in [-0.39, 0.29) is 24.0 Å². The van der Waals surface area contributed by atoms with Gasteiger partial charge in [0.15, 0.2) is 0 Å². The Bertz CT molecular complexity index is 774. The first-order chi connectivity index (χ1) is 19.0. The molecule has 0 aliphatic heterocycles. The predicted octanol–water partition coefficient (Wildman–Crippen LogP) is 7.56. The lowest BCUT2D eigenvalue weighted by atomic mass is 9.83. The van der Waals surface area contributed by atoms with Crippen LogP contribution in [0, 0.1) is 5.92 Å². The molecular weight excluding hydrogens is 496 g/mol. The summed E-state index contributed by atoms with van der Waals surface area (Å²) in [5.74, 6) is 0.935. The summed E-state index contributed by atoms with van der Waals surface area (Å²) in [6, 6.07) is 9.06. The molecule has 0 spiro atoms. The van der Waals surface area contributed by atoms with Gasteiger partial charge in [-0.2, -0.15) is 0 Å². The molecule has 0 aliphatic carbocycles. The second-order valence-corrected chi connectivity index (χ2v) is 13.2. The van der Waals surface area contributed by atoms with Crippen molar-refractivity contribution in [3.63, 3.8) is 0 Å². The van der Waals surface area contributed by atoms with Gasteiger partial charge in [-0.05, 0) is 74.3 Å². The first kappa shape index (κ1) is 36.6. The topological polar surface area (TPSA) is 69.6 Å². The SMILES string of the molecule is CCCCCCC(CC(O)CC)c1ccc(C(CCCC(CC)C(=O)NCCC[N+](C)(C)C)CC(O)CC)cc1. The quantitative estimate of drug-likeness (QED) is 0.0954. The molecule has 0 bridgehead atoms. The van der Waals surface area contributed by atoms with Gasteiger partial charge in [-0.15, -0.1) is 0 Å². The number of hydrogen-bond donors (Lipinski definition) is 3. The summed E-state index contributed by atoms with van der Waals surface area (Å²) in [4.78, 5) is 12.8. The molecule has 232 valence electrons. The van der Waals surface area contributed by atoms with Crippen LogP contribution in [0.25, 0.3) is 0 Å². The molecule has 0 fully saturated rings. The van der Waals surface area contributed by atoms with Crippen LogP contribution in [0.4, 0.5) is 0 Å². The van der Waals surface area contributed by atoms with Gasteiger partial charge in [-0.1, -0.05) is 84.1 Å². The fraction of sp³-hybridized carbons (Fsp3) is 0.800. The highest BCUT2D eigenvalue weighted by molar-refractivity contribution is 5.78. The average molecular weight is 562 g/mol. The summed E-state index contributed by atoms with van der Waals surface area (Å²) in [5, 5.41) is 24.1. The second kappa shape index (κ2) is 20.4. The third-order valence-electron chi connectivity index (χ3n) is 8.61. The van der Waals surface area contributed by atoms with E-state index in [1.807, 2.05) is 6.92 Å². The Kier molecular flexibility index (Phi) is 18.7. The zero-order valence-corrected chi connectivity index (χ0v) is 27.3. The molecule has 1 amide bonds. The largest absolute Gasteiger partial charge is 0.393 e. The molecule has 0 saturated heterocycles. The van der Waals surface area contributed by atoms with Crippen molar-refractivity contribution >= 4 is 5.91 Å². The number of rotatable bonds is 23. The average Bonchev–Trinajstić information content (AvgIpc) is 2.93. The molecule has 0 radical (unpaired) electrons. The highest BCUT2D eigenvalue weighted by atomic mass is 16.3. The number of carbonyl (C=O) groups is 1. The Hall–Kier alpha value is -1.43. The van der Waals surface area contributed by atoms with Gasteiger partial charge in [0.1, 0.15) is 0 Å². The van der Waals surface area contributed by atoms with Crippen molar-refractivity contribution in [2.45, 2.75) is 142 Å². The maximum atomic E-state index is 12.8. The van der Waals surface area contributed by atoms with Crippen molar-refractivity contribution in [2.75, 3.05) is 34.2 Å². The van der Waals surface area contributed by atoms with E-state index in [2.05, 4.69) is 71.5 Å². The van der Waals surface area contributed by atoms with Gasteiger partial charge in [0.25, 0.3) is 0 Å². The van der Waals surface area contributed by atoms with E-state index in [4.69, 9.17) is 0 Å². The second-order valence-electron chi connectivity index (χ2n) is 13.2. The van der Waals surface area contributed by atoms with Crippen molar-refractivity contribution in [1.29, 1.82) is 0 Å². The van der Waals surface area contributed by atoms with E-state index < -0.39 is 0 Å². The number of carbonyl (C=O) groups excluding carboxylic acids is 1. The Morgan fingerprint density at radius 3 is 1.70 bits per heavy atom. The van der Waals surface area contributed by atoms with Gasteiger partial charge < -0.3 is 20.0 Å². The maximum absolute atomic E-state index is 12.8. The molecule has 5 heteroatoms. The molecular formula is C35H65N2O3+. The van der Waals surface area contributed by atoms with Crippen LogP contribution >= 0.6 is 0 Å². The van der Waals surface area contributed by atoms with Crippen LogP contribution in [0.5, 0.6) is 0 Å². The first-order valence-electron chi connectivity index (χ1n) is 16.6. The van der Waals surface area contributed by atoms with Gasteiger partial charge in [0.05, 0.1) is 39.9 Å². The van der Waals surface area contributed by atoms with E-state index in [9.17, 15) is 15.0 Å². The van der Waals surface area contributed by atoms with Gasteiger partial charge in [-0.3, -0.25) is 4.79 Å². The van der Waals surface area contributed by atoms with E-state index in [1.54, 1.807) is 0 Å². The van der Waals surface area contributed by atoms with Crippen molar-refractivity contribution in [3.8, 4) is 0 Å². The van der Waals surface area contributed by atoms with Crippen LogP contribution in [0.15, 0.2) is 24.3 Å². The molecule has 5 atom stereocenters.